The topological polar surface area (TPSA) is 81.5 Å². The van der Waals surface area contributed by atoms with Gasteiger partial charge in [0.25, 0.3) is 0 Å². The highest BCUT2D eigenvalue weighted by molar-refractivity contribution is 5.67. The molecule has 4 heterocycles. The van der Waals surface area contributed by atoms with Crippen molar-refractivity contribution in [3.63, 3.8) is 0 Å². The number of pyridine rings is 1. The molecule has 150 valence electrons. The third-order valence-electron chi connectivity index (χ3n) is 6.05. The van der Waals surface area contributed by atoms with Gasteiger partial charge in [0.2, 0.25) is 0 Å². The number of aromatic amines is 1. The Bertz CT molecular complexity index is 1220. The predicted octanol–water partition coefficient (Wildman–Crippen LogP) is 4.09. The number of ether oxygens (including phenoxy) is 1. The molecule has 1 atom stereocenters. The molecule has 30 heavy (non-hydrogen) atoms. The van der Waals surface area contributed by atoms with Gasteiger partial charge in [0.1, 0.15) is 17.1 Å². The first-order valence-electron chi connectivity index (χ1n) is 10.4. The molecule has 1 aliphatic heterocycles. The monoisotopic (exact) mass is 398 g/mol. The van der Waals surface area contributed by atoms with E-state index in [1.807, 2.05) is 25.4 Å². The summed E-state index contributed by atoms with van der Waals surface area (Å²) in [6.45, 7) is 3.51. The lowest BCUT2D eigenvalue weighted by Gasteiger charge is -2.10. The van der Waals surface area contributed by atoms with E-state index in [2.05, 4.69) is 54.3 Å². The van der Waals surface area contributed by atoms with Gasteiger partial charge in [0, 0.05) is 36.0 Å². The summed E-state index contributed by atoms with van der Waals surface area (Å²) < 4.78 is 8.13. The molecule has 1 N–H and O–H groups in total. The van der Waals surface area contributed by atoms with Crippen molar-refractivity contribution >= 4 is 0 Å². The zero-order chi connectivity index (χ0) is 20.1. The molecular formula is C23H22N6O. The van der Waals surface area contributed by atoms with Crippen LogP contribution < -0.4 is 4.74 Å². The van der Waals surface area contributed by atoms with Crippen LogP contribution in [0.15, 0.2) is 49.1 Å². The summed E-state index contributed by atoms with van der Waals surface area (Å²) in [4.78, 5) is 9.09. The predicted molar refractivity (Wildman–Crippen MR) is 112 cm³/mol. The molecule has 2 aliphatic rings. The highest BCUT2D eigenvalue weighted by atomic mass is 16.5. The van der Waals surface area contributed by atoms with Gasteiger partial charge in [-0.3, -0.25) is 10.1 Å². The van der Waals surface area contributed by atoms with Crippen LogP contribution in [0.4, 0.5) is 0 Å². The molecular weight excluding hydrogens is 376 g/mol. The van der Waals surface area contributed by atoms with E-state index in [-0.39, 0.29) is 0 Å². The van der Waals surface area contributed by atoms with Crippen LogP contribution in [0.5, 0.6) is 5.75 Å². The van der Waals surface area contributed by atoms with Crippen molar-refractivity contribution < 1.29 is 4.74 Å². The van der Waals surface area contributed by atoms with Crippen LogP contribution in [0.1, 0.15) is 41.5 Å². The molecule has 1 fully saturated rings. The lowest BCUT2D eigenvalue weighted by Crippen LogP contribution is -2.09. The molecule has 0 unspecified atom stereocenters. The third-order valence-corrected chi connectivity index (χ3v) is 6.05. The fourth-order valence-electron chi connectivity index (χ4n) is 4.23. The summed E-state index contributed by atoms with van der Waals surface area (Å²) in [5.74, 6) is 2.15. The van der Waals surface area contributed by atoms with E-state index in [0.29, 0.717) is 5.92 Å². The van der Waals surface area contributed by atoms with E-state index >= 15 is 0 Å². The smallest absolute Gasteiger partial charge is 0.123 e. The maximum absolute atomic E-state index is 6.00. The molecule has 3 aromatic heterocycles. The van der Waals surface area contributed by atoms with Crippen molar-refractivity contribution in [2.75, 3.05) is 6.61 Å². The van der Waals surface area contributed by atoms with Crippen molar-refractivity contribution in [2.24, 2.45) is 0 Å². The summed E-state index contributed by atoms with van der Waals surface area (Å²) in [6, 6.07) is 10.7. The Morgan fingerprint density at radius 2 is 2.07 bits per heavy atom. The maximum Gasteiger partial charge on any atom is 0.123 e. The fraction of sp³-hybridized carbons (Fsp3) is 0.304. The van der Waals surface area contributed by atoms with Gasteiger partial charge >= 0.3 is 0 Å². The minimum atomic E-state index is 0.340. The lowest BCUT2D eigenvalue weighted by atomic mass is 9.98. The van der Waals surface area contributed by atoms with Crippen molar-refractivity contribution in [1.82, 2.24) is 29.9 Å². The van der Waals surface area contributed by atoms with Gasteiger partial charge in [0.05, 0.1) is 24.3 Å². The highest BCUT2D eigenvalue weighted by Crippen LogP contribution is 2.44. The zero-order valence-corrected chi connectivity index (χ0v) is 16.7. The number of rotatable bonds is 5. The summed E-state index contributed by atoms with van der Waals surface area (Å²) in [5.41, 5.74) is 7.15. The van der Waals surface area contributed by atoms with Crippen molar-refractivity contribution in [3.05, 3.63) is 65.9 Å². The Labute approximate surface area is 174 Å². The lowest BCUT2D eigenvalue weighted by molar-refractivity contribution is 0.319. The average Bonchev–Trinajstić information content (AvgIpc) is 3.16. The van der Waals surface area contributed by atoms with Gasteiger partial charge in [-0.15, -0.1) is 5.10 Å². The van der Waals surface area contributed by atoms with E-state index in [9.17, 15) is 0 Å². The normalized spacial score (nSPS) is 17.7. The number of imidazole rings is 1. The molecule has 0 saturated heterocycles. The molecule has 0 radical (unpaired) electrons. The SMILES string of the molecule is Cc1[nH]nnc1-c1ccnc(-c2cn(C[C@H]3COc4cc(C5CC5)ccc43)cn2)c1. The molecule has 0 bridgehead atoms. The second-order valence-electron chi connectivity index (χ2n) is 8.25. The van der Waals surface area contributed by atoms with Crippen molar-refractivity contribution in [3.8, 4) is 28.4 Å². The zero-order valence-electron chi connectivity index (χ0n) is 16.7. The Balaban J connectivity index is 1.22. The Kier molecular flexibility index (Phi) is 3.94. The molecule has 0 amide bonds. The minimum Gasteiger partial charge on any atom is -0.493 e. The maximum atomic E-state index is 6.00. The number of hydrogen-bond donors (Lipinski definition) is 1. The fourth-order valence-corrected chi connectivity index (χ4v) is 4.23. The summed E-state index contributed by atoms with van der Waals surface area (Å²) in [6.07, 6.45) is 8.34. The third kappa shape index (κ3) is 3.07. The summed E-state index contributed by atoms with van der Waals surface area (Å²) in [5, 5.41) is 10.9. The first-order chi connectivity index (χ1) is 14.7. The van der Waals surface area contributed by atoms with Crippen LogP contribution >= 0.6 is 0 Å². The Morgan fingerprint density at radius 1 is 1.13 bits per heavy atom. The van der Waals surface area contributed by atoms with Crippen molar-refractivity contribution in [2.45, 2.75) is 38.1 Å². The molecule has 0 spiro atoms. The number of H-pyrrole nitrogens is 1. The molecule has 4 aromatic rings. The van der Waals surface area contributed by atoms with Crippen molar-refractivity contribution in [1.29, 1.82) is 0 Å². The highest BCUT2D eigenvalue weighted by Gasteiger charge is 2.29. The minimum absolute atomic E-state index is 0.340. The van der Waals surface area contributed by atoms with Crippen LogP contribution in [-0.2, 0) is 6.54 Å². The van der Waals surface area contributed by atoms with Gasteiger partial charge in [-0.25, -0.2) is 4.98 Å². The molecule has 1 aromatic carbocycles. The van der Waals surface area contributed by atoms with Crippen LogP contribution in [0.2, 0.25) is 0 Å². The number of hydrogen-bond acceptors (Lipinski definition) is 5. The number of fused-ring (bicyclic) bond motifs is 1. The summed E-state index contributed by atoms with van der Waals surface area (Å²) in [7, 11) is 0. The van der Waals surface area contributed by atoms with Crippen LogP contribution in [0, 0.1) is 6.92 Å². The van der Waals surface area contributed by atoms with Gasteiger partial charge in [-0.05, 0) is 49.4 Å². The van der Waals surface area contributed by atoms with Gasteiger partial charge in [-0.1, -0.05) is 17.3 Å². The van der Waals surface area contributed by atoms with E-state index in [1.165, 1.54) is 24.0 Å². The second kappa shape index (κ2) is 6.79. The number of nitrogens with one attached hydrogen (secondary N) is 1. The Hall–Kier alpha value is -3.48. The van der Waals surface area contributed by atoms with Crippen LogP contribution in [0.3, 0.4) is 0 Å². The van der Waals surface area contributed by atoms with Gasteiger partial charge in [0.15, 0.2) is 0 Å². The van der Waals surface area contributed by atoms with E-state index < -0.39 is 0 Å². The van der Waals surface area contributed by atoms with Gasteiger partial charge in [-0.2, -0.15) is 0 Å². The summed E-state index contributed by atoms with van der Waals surface area (Å²) >= 11 is 0. The Morgan fingerprint density at radius 3 is 2.90 bits per heavy atom. The quantitative estimate of drug-likeness (QED) is 0.548. The average molecular weight is 398 g/mol. The number of nitrogens with zero attached hydrogens (tertiary/aromatic N) is 5. The molecule has 1 saturated carbocycles. The van der Waals surface area contributed by atoms with Crippen LogP contribution in [-0.4, -0.2) is 36.6 Å². The molecule has 7 nitrogen and oxygen atoms in total. The van der Waals surface area contributed by atoms with E-state index in [4.69, 9.17) is 4.74 Å². The largest absolute Gasteiger partial charge is 0.493 e. The first-order valence-corrected chi connectivity index (χ1v) is 10.4. The second-order valence-corrected chi connectivity index (χ2v) is 8.25. The van der Waals surface area contributed by atoms with Crippen LogP contribution in [0.25, 0.3) is 22.6 Å². The number of benzene rings is 1. The molecule has 6 rings (SSSR count). The number of aryl methyl sites for hydroxylation is 1. The van der Waals surface area contributed by atoms with E-state index in [1.54, 1.807) is 6.20 Å². The molecule has 1 aliphatic carbocycles. The van der Waals surface area contributed by atoms with E-state index in [0.717, 1.165) is 53.2 Å². The first kappa shape index (κ1) is 17.4. The molecule has 7 heteroatoms. The van der Waals surface area contributed by atoms with Gasteiger partial charge < -0.3 is 9.30 Å². The standard InChI is InChI=1S/C23H22N6O/c1-14-23(27-28-26-14)17-6-7-24-20(8-17)21-11-29(13-25-21)10-18-12-30-22-9-16(15-2-3-15)4-5-19(18)22/h4-9,11,13,15,18H,2-3,10,12H2,1H3,(H,26,27,28)/t18-/m0/s1. The number of aromatic nitrogens is 6.